The molecule has 0 aliphatic heterocycles. The van der Waals surface area contributed by atoms with E-state index in [-0.39, 0.29) is 11.7 Å². The van der Waals surface area contributed by atoms with Gasteiger partial charge < -0.3 is 5.32 Å². The van der Waals surface area contributed by atoms with Crippen molar-refractivity contribution in [3.05, 3.63) is 45.9 Å². The van der Waals surface area contributed by atoms with Crippen LogP contribution in [0.1, 0.15) is 31.1 Å². The number of anilines is 1. The van der Waals surface area contributed by atoms with Crippen molar-refractivity contribution in [2.75, 3.05) is 5.32 Å². The average molecular weight is 275 g/mol. The van der Waals surface area contributed by atoms with E-state index in [2.05, 4.69) is 15.4 Å². The number of rotatable bonds is 5. The average Bonchev–Trinajstić information content (AvgIpc) is 2.74. The molecule has 20 heavy (non-hydrogen) atoms. The fourth-order valence-corrected chi connectivity index (χ4v) is 1.98. The lowest BCUT2D eigenvalue weighted by atomic mass is 10.3. The van der Waals surface area contributed by atoms with Gasteiger partial charge in [-0.3, -0.25) is 15.1 Å². The summed E-state index contributed by atoms with van der Waals surface area (Å²) in [6.07, 6.45) is 3.41. The summed E-state index contributed by atoms with van der Waals surface area (Å²) in [4.78, 5) is 14.8. The van der Waals surface area contributed by atoms with Gasteiger partial charge in [0.2, 0.25) is 5.82 Å². The van der Waals surface area contributed by atoms with Gasteiger partial charge in [0.15, 0.2) is 0 Å². The van der Waals surface area contributed by atoms with Crippen molar-refractivity contribution in [3.8, 4) is 0 Å². The van der Waals surface area contributed by atoms with Crippen molar-refractivity contribution >= 4 is 11.5 Å². The maximum atomic E-state index is 11.2. The summed E-state index contributed by atoms with van der Waals surface area (Å²) >= 11 is 0. The van der Waals surface area contributed by atoms with Crippen LogP contribution < -0.4 is 5.32 Å². The minimum absolute atomic E-state index is 0.0302. The molecule has 0 aliphatic carbocycles. The molecule has 2 rings (SSSR count). The van der Waals surface area contributed by atoms with Crippen molar-refractivity contribution < 1.29 is 4.92 Å². The molecule has 0 saturated heterocycles. The molecule has 2 aromatic rings. The summed E-state index contributed by atoms with van der Waals surface area (Å²) in [6, 6.07) is 3.78. The topological polar surface area (TPSA) is 85.9 Å². The van der Waals surface area contributed by atoms with E-state index in [9.17, 15) is 10.1 Å². The summed E-state index contributed by atoms with van der Waals surface area (Å²) in [7, 11) is 0. The molecule has 0 saturated carbocycles. The normalized spacial score (nSPS) is 10.8. The highest BCUT2D eigenvalue weighted by Gasteiger charge is 2.26. The molecule has 0 bridgehead atoms. The number of hydrogen-bond acceptors (Lipinski definition) is 5. The van der Waals surface area contributed by atoms with Crippen LogP contribution in [0, 0.1) is 17.0 Å². The molecule has 0 amide bonds. The van der Waals surface area contributed by atoms with Crippen LogP contribution in [-0.4, -0.2) is 19.7 Å². The standard InChI is InChI=1S/C13H17N5O2/c1-9(2)17-13(12(18(19)20)10(3)16-17)15-8-11-5-4-6-14-7-11/h4-7,9,15H,8H2,1-3H3. The van der Waals surface area contributed by atoms with Gasteiger partial charge in [-0.15, -0.1) is 0 Å². The van der Waals surface area contributed by atoms with Crippen molar-refractivity contribution in [2.24, 2.45) is 0 Å². The quantitative estimate of drug-likeness (QED) is 0.669. The fraction of sp³-hybridized carbons (Fsp3) is 0.385. The molecular formula is C13H17N5O2. The zero-order valence-electron chi connectivity index (χ0n) is 11.7. The van der Waals surface area contributed by atoms with Gasteiger partial charge in [-0.25, -0.2) is 4.68 Å². The minimum atomic E-state index is -0.396. The van der Waals surface area contributed by atoms with Crippen LogP contribution in [0.4, 0.5) is 11.5 Å². The SMILES string of the molecule is Cc1nn(C(C)C)c(NCc2cccnc2)c1[N+](=O)[O-]. The van der Waals surface area contributed by atoms with E-state index in [4.69, 9.17) is 0 Å². The van der Waals surface area contributed by atoms with Crippen LogP contribution in [-0.2, 0) is 6.54 Å². The van der Waals surface area contributed by atoms with Crippen LogP contribution in [0.5, 0.6) is 0 Å². The van der Waals surface area contributed by atoms with Gasteiger partial charge in [-0.2, -0.15) is 5.10 Å². The van der Waals surface area contributed by atoms with Crippen LogP contribution >= 0.6 is 0 Å². The van der Waals surface area contributed by atoms with Crippen molar-refractivity contribution in [2.45, 2.75) is 33.4 Å². The number of nitrogens with zero attached hydrogens (tertiary/aromatic N) is 4. The molecule has 0 spiro atoms. The highest BCUT2D eigenvalue weighted by molar-refractivity contribution is 5.59. The van der Waals surface area contributed by atoms with Crippen LogP contribution in [0.2, 0.25) is 0 Å². The number of aryl methyl sites for hydroxylation is 1. The predicted octanol–water partition coefficient (Wildman–Crippen LogP) is 2.69. The van der Waals surface area contributed by atoms with E-state index in [1.807, 2.05) is 26.0 Å². The van der Waals surface area contributed by atoms with Gasteiger partial charge in [0.25, 0.3) is 0 Å². The molecular weight excluding hydrogens is 258 g/mol. The Kier molecular flexibility index (Phi) is 3.97. The molecule has 106 valence electrons. The number of hydrogen-bond donors (Lipinski definition) is 1. The lowest BCUT2D eigenvalue weighted by Gasteiger charge is -2.11. The summed E-state index contributed by atoms with van der Waals surface area (Å²) in [5.74, 6) is 0.436. The highest BCUT2D eigenvalue weighted by Crippen LogP contribution is 2.30. The lowest BCUT2D eigenvalue weighted by molar-refractivity contribution is -0.384. The number of nitro groups is 1. The van der Waals surface area contributed by atoms with Gasteiger partial charge in [-0.1, -0.05) is 6.07 Å². The van der Waals surface area contributed by atoms with Gasteiger partial charge >= 0.3 is 5.69 Å². The van der Waals surface area contributed by atoms with Crippen LogP contribution in [0.15, 0.2) is 24.5 Å². The third-order valence-electron chi connectivity index (χ3n) is 2.91. The van der Waals surface area contributed by atoms with Crippen LogP contribution in [0.3, 0.4) is 0 Å². The van der Waals surface area contributed by atoms with E-state index < -0.39 is 4.92 Å². The Morgan fingerprint density at radius 2 is 2.25 bits per heavy atom. The van der Waals surface area contributed by atoms with Gasteiger partial charge in [0.1, 0.15) is 5.69 Å². The molecule has 0 aromatic carbocycles. The number of aromatic nitrogens is 3. The third kappa shape index (κ3) is 2.76. The van der Waals surface area contributed by atoms with Gasteiger partial charge in [0.05, 0.1) is 4.92 Å². The molecule has 2 heterocycles. The Morgan fingerprint density at radius 3 is 2.80 bits per heavy atom. The first-order valence-electron chi connectivity index (χ1n) is 6.37. The summed E-state index contributed by atoms with van der Waals surface area (Å²) < 4.78 is 1.64. The monoisotopic (exact) mass is 275 g/mol. The Hall–Kier alpha value is -2.44. The lowest BCUT2D eigenvalue weighted by Crippen LogP contribution is -2.11. The second-order valence-corrected chi connectivity index (χ2v) is 4.79. The molecule has 7 heteroatoms. The Bertz CT molecular complexity index is 607. The van der Waals surface area contributed by atoms with E-state index in [0.29, 0.717) is 18.1 Å². The minimum Gasteiger partial charge on any atom is -0.360 e. The Labute approximate surface area is 116 Å². The molecule has 0 fully saturated rings. The van der Waals surface area contributed by atoms with Crippen LogP contribution in [0.25, 0.3) is 0 Å². The van der Waals surface area contributed by atoms with Crippen molar-refractivity contribution in [1.82, 2.24) is 14.8 Å². The number of pyridine rings is 1. The summed E-state index contributed by atoms with van der Waals surface area (Å²) in [5.41, 5.74) is 1.40. The first-order valence-corrected chi connectivity index (χ1v) is 6.37. The predicted molar refractivity (Wildman–Crippen MR) is 75.6 cm³/mol. The molecule has 1 N–H and O–H groups in total. The van der Waals surface area contributed by atoms with Crippen molar-refractivity contribution in [1.29, 1.82) is 0 Å². The highest BCUT2D eigenvalue weighted by atomic mass is 16.6. The van der Waals surface area contributed by atoms with E-state index in [0.717, 1.165) is 5.56 Å². The first kappa shape index (κ1) is 14.0. The molecule has 0 unspecified atom stereocenters. The first-order chi connectivity index (χ1) is 9.50. The second kappa shape index (κ2) is 5.68. The largest absolute Gasteiger partial charge is 0.360 e. The molecule has 0 radical (unpaired) electrons. The fourth-order valence-electron chi connectivity index (χ4n) is 1.98. The third-order valence-corrected chi connectivity index (χ3v) is 2.91. The summed E-state index contributed by atoms with van der Waals surface area (Å²) in [6.45, 7) is 5.98. The van der Waals surface area contributed by atoms with E-state index in [1.54, 1.807) is 24.0 Å². The molecule has 0 atom stereocenters. The Balaban J connectivity index is 2.31. The van der Waals surface area contributed by atoms with Gasteiger partial charge in [-0.05, 0) is 32.4 Å². The molecule has 7 nitrogen and oxygen atoms in total. The van der Waals surface area contributed by atoms with Gasteiger partial charge in [0, 0.05) is 25.0 Å². The zero-order valence-corrected chi connectivity index (χ0v) is 11.7. The zero-order chi connectivity index (χ0) is 14.7. The number of nitrogens with one attached hydrogen (secondary N) is 1. The van der Waals surface area contributed by atoms with E-state index in [1.165, 1.54) is 0 Å². The maximum absolute atomic E-state index is 11.2. The molecule has 2 aromatic heterocycles. The maximum Gasteiger partial charge on any atom is 0.333 e. The van der Waals surface area contributed by atoms with Crippen molar-refractivity contribution in [3.63, 3.8) is 0 Å². The smallest absolute Gasteiger partial charge is 0.333 e. The molecule has 0 aliphatic rings. The summed E-state index contributed by atoms with van der Waals surface area (Å²) in [5, 5.41) is 18.5. The van der Waals surface area contributed by atoms with E-state index >= 15 is 0 Å². The Morgan fingerprint density at radius 1 is 1.50 bits per heavy atom. The second-order valence-electron chi connectivity index (χ2n) is 4.79.